The van der Waals surface area contributed by atoms with Gasteiger partial charge in [0.25, 0.3) is 10.0 Å². The quantitative estimate of drug-likeness (QED) is 0.493. The molecule has 1 heterocycles. The molecular formula is C21H18ClNO5S2. The summed E-state index contributed by atoms with van der Waals surface area (Å²) in [6, 6.07) is 17.1. The number of carbonyl (C=O) groups is 1. The van der Waals surface area contributed by atoms with Crippen LogP contribution in [0, 0.1) is 0 Å². The van der Waals surface area contributed by atoms with Gasteiger partial charge in [0.2, 0.25) is 0 Å². The molecule has 30 heavy (non-hydrogen) atoms. The number of sulfonamides is 1. The first-order chi connectivity index (χ1) is 14.2. The van der Waals surface area contributed by atoms with Crippen molar-refractivity contribution in [2.45, 2.75) is 28.7 Å². The molecule has 0 bridgehead atoms. The zero-order valence-corrected chi connectivity index (χ0v) is 18.0. The Labute approximate surface area is 182 Å². The predicted molar refractivity (Wildman–Crippen MR) is 115 cm³/mol. The maximum Gasteiger partial charge on any atom is 0.325 e. The van der Waals surface area contributed by atoms with Gasteiger partial charge < -0.3 is 10.2 Å². The average molecular weight is 464 g/mol. The minimum absolute atomic E-state index is 0.0443. The molecule has 1 fully saturated rings. The number of thiophene rings is 1. The van der Waals surface area contributed by atoms with E-state index in [4.69, 9.17) is 11.6 Å². The van der Waals surface area contributed by atoms with Crippen LogP contribution in [-0.4, -0.2) is 30.1 Å². The minimum Gasteiger partial charge on any atom is -0.480 e. The van der Waals surface area contributed by atoms with Crippen molar-refractivity contribution in [3.63, 3.8) is 0 Å². The molecule has 1 saturated carbocycles. The lowest BCUT2D eigenvalue weighted by Crippen LogP contribution is -2.44. The van der Waals surface area contributed by atoms with E-state index in [0.717, 1.165) is 21.8 Å². The Kier molecular flexibility index (Phi) is 5.46. The Morgan fingerprint density at radius 1 is 1.17 bits per heavy atom. The first-order valence-electron chi connectivity index (χ1n) is 9.08. The van der Waals surface area contributed by atoms with Crippen molar-refractivity contribution >= 4 is 38.9 Å². The summed E-state index contributed by atoms with van der Waals surface area (Å²) in [6.45, 7) is -0.172. The van der Waals surface area contributed by atoms with Crippen LogP contribution < -0.4 is 4.72 Å². The number of carboxylic acid groups (broad SMARTS) is 1. The van der Waals surface area contributed by atoms with Crippen LogP contribution in [0.2, 0.25) is 5.02 Å². The van der Waals surface area contributed by atoms with E-state index in [1.54, 1.807) is 54.6 Å². The Morgan fingerprint density at radius 3 is 2.57 bits per heavy atom. The van der Waals surface area contributed by atoms with E-state index in [1.165, 1.54) is 6.07 Å². The normalized spacial score (nSPS) is 20.8. The van der Waals surface area contributed by atoms with Crippen LogP contribution >= 0.6 is 22.9 Å². The fourth-order valence-corrected chi connectivity index (χ4v) is 6.33. The second-order valence-electron chi connectivity index (χ2n) is 7.17. The van der Waals surface area contributed by atoms with E-state index < -0.39 is 27.4 Å². The molecule has 0 aliphatic heterocycles. The molecule has 156 valence electrons. The van der Waals surface area contributed by atoms with Crippen LogP contribution in [0.25, 0.3) is 10.4 Å². The fraction of sp³-hybridized carbons (Fsp3) is 0.190. The number of aliphatic hydroxyl groups is 1. The van der Waals surface area contributed by atoms with Gasteiger partial charge in [0, 0.05) is 15.8 Å². The molecule has 0 amide bonds. The molecule has 4 rings (SSSR count). The largest absolute Gasteiger partial charge is 0.480 e. The van der Waals surface area contributed by atoms with Gasteiger partial charge in [0.15, 0.2) is 0 Å². The maximum atomic E-state index is 13.0. The molecule has 2 atom stereocenters. The molecule has 3 N–H and O–H groups in total. The van der Waals surface area contributed by atoms with E-state index in [-0.39, 0.29) is 17.2 Å². The van der Waals surface area contributed by atoms with Gasteiger partial charge in [-0.15, -0.1) is 11.3 Å². The number of halogens is 1. The molecule has 1 unspecified atom stereocenters. The van der Waals surface area contributed by atoms with Crippen molar-refractivity contribution in [1.29, 1.82) is 0 Å². The first kappa shape index (κ1) is 21.0. The molecule has 1 aliphatic rings. The summed E-state index contributed by atoms with van der Waals surface area (Å²) >= 11 is 6.96. The smallest absolute Gasteiger partial charge is 0.325 e. The highest BCUT2D eigenvalue weighted by Crippen LogP contribution is 2.52. The Bertz CT molecular complexity index is 1210. The Morgan fingerprint density at radius 2 is 1.90 bits per heavy atom. The summed E-state index contributed by atoms with van der Waals surface area (Å²) in [5.41, 5.74) is 0.549. The van der Waals surface area contributed by atoms with Crippen LogP contribution in [-0.2, 0) is 21.4 Å². The molecule has 0 saturated heterocycles. The number of nitrogens with one attached hydrogen (secondary N) is 1. The second kappa shape index (κ2) is 7.79. The van der Waals surface area contributed by atoms with Gasteiger partial charge in [0.1, 0.15) is 9.75 Å². The molecule has 0 radical (unpaired) electrons. The first-order valence-corrected chi connectivity index (χ1v) is 11.8. The van der Waals surface area contributed by atoms with Crippen LogP contribution in [0.1, 0.15) is 23.5 Å². The lowest BCUT2D eigenvalue weighted by molar-refractivity contribution is -0.140. The molecule has 1 aromatic heterocycles. The second-order valence-corrected chi connectivity index (χ2v) is 10.6. The monoisotopic (exact) mass is 463 g/mol. The van der Waals surface area contributed by atoms with Crippen molar-refractivity contribution in [2.75, 3.05) is 0 Å². The van der Waals surface area contributed by atoms with E-state index in [1.807, 2.05) is 0 Å². The number of rotatable bonds is 7. The number of aliphatic hydroxyl groups excluding tert-OH is 1. The summed E-state index contributed by atoms with van der Waals surface area (Å²) in [4.78, 5) is 12.7. The highest BCUT2D eigenvalue weighted by Gasteiger charge is 2.63. The van der Waals surface area contributed by atoms with E-state index >= 15 is 0 Å². The van der Waals surface area contributed by atoms with Gasteiger partial charge >= 0.3 is 5.97 Å². The summed E-state index contributed by atoms with van der Waals surface area (Å²) < 4.78 is 28.4. The minimum atomic E-state index is -4.04. The third-order valence-electron chi connectivity index (χ3n) is 5.17. The summed E-state index contributed by atoms with van der Waals surface area (Å²) in [7, 11) is -4.04. The van der Waals surface area contributed by atoms with Crippen LogP contribution in [0.4, 0.5) is 0 Å². The molecule has 1 aliphatic carbocycles. The third kappa shape index (κ3) is 3.89. The Balaban J connectivity index is 1.60. The van der Waals surface area contributed by atoms with Crippen molar-refractivity contribution in [3.8, 4) is 10.4 Å². The van der Waals surface area contributed by atoms with Crippen molar-refractivity contribution in [2.24, 2.45) is 0 Å². The number of benzene rings is 2. The molecule has 6 nitrogen and oxygen atoms in total. The zero-order chi connectivity index (χ0) is 21.5. The van der Waals surface area contributed by atoms with Crippen LogP contribution in [0.3, 0.4) is 0 Å². The van der Waals surface area contributed by atoms with Gasteiger partial charge in [-0.1, -0.05) is 48.0 Å². The lowest BCUT2D eigenvalue weighted by atomic mass is 10.0. The predicted octanol–water partition coefficient (Wildman–Crippen LogP) is 3.85. The fourth-order valence-electron chi connectivity index (χ4n) is 3.49. The van der Waals surface area contributed by atoms with E-state index in [9.17, 15) is 23.4 Å². The van der Waals surface area contributed by atoms with Gasteiger partial charge in [-0.25, -0.2) is 8.42 Å². The molecular weight excluding hydrogens is 446 g/mol. The Hall–Kier alpha value is -2.23. The topological polar surface area (TPSA) is 104 Å². The van der Waals surface area contributed by atoms with Crippen molar-refractivity contribution in [3.05, 3.63) is 76.8 Å². The molecule has 2 aromatic carbocycles. The zero-order valence-electron chi connectivity index (χ0n) is 15.6. The third-order valence-corrected chi connectivity index (χ3v) is 8.56. The average Bonchev–Trinajstić information content (AvgIpc) is 3.22. The highest BCUT2D eigenvalue weighted by molar-refractivity contribution is 7.91. The number of hydrogen-bond acceptors (Lipinski definition) is 5. The van der Waals surface area contributed by atoms with Gasteiger partial charge in [0.05, 0.1) is 6.61 Å². The van der Waals surface area contributed by atoms with Crippen molar-refractivity contribution < 1.29 is 23.4 Å². The number of aliphatic carboxylic acids is 1. The summed E-state index contributed by atoms with van der Waals surface area (Å²) in [5.74, 6) is -1.73. The van der Waals surface area contributed by atoms with Gasteiger partial charge in [-0.05, 0) is 47.4 Å². The molecule has 9 heteroatoms. The standard InChI is InChI=1S/C21H18ClNO5S2/c22-16-6-4-14(5-7-16)18-8-9-19(29-18)30(27,28)23-21(20(25)26)11-17(21)15-3-1-2-13(10-15)12-24/h1-10,17,23-24H,11-12H2,(H,25,26)/t17-,21?/m0/s1. The van der Waals surface area contributed by atoms with Crippen LogP contribution in [0.5, 0.6) is 0 Å². The summed E-state index contributed by atoms with van der Waals surface area (Å²) in [6.07, 6.45) is 0.145. The van der Waals surface area contributed by atoms with E-state index in [0.29, 0.717) is 16.1 Å². The number of hydrogen-bond donors (Lipinski definition) is 3. The van der Waals surface area contributed by atoms with Crippen LogP contribution in [0.15, 0.2) is 64.9 Å². The highest BCUT2D eigenvalue weighted by atomic mass is 35.5. The maximum absolute atomic E-state index is 13.0. The SMILES string of the molecule is O=C(O)C1(NS(=O)(=O)c2ccc(-c3ccc(Cl)cc3)s2)C[C@H]1c1cccc(CO)c1. The van der Waals surface area contributed by atoms with E-state index in [2.05, 4.69) is 4.72 Å². The summed E-state index contributed by atoms with van der Waals surface area (Å²) in [5, 5.41) is 19.7. The molecule has 3 aromatic rings. The lowest BCUT2D eigenvalue weighted by Gasteiger charge is -2.15. The number of carboxylic acids is 1. The van der Waals surface area contributed by atoms with Gasteiger partial charge in [-0.3, -0.25) is 4.79 Å². The van der Waals surface area contributed by atoms with Crippen molar-refractivity contribution in [1.82, 2.24) is 4.72 Å². The van der Waals surface area contributed by atoms with Gasteiger partial charge in [-0.2, -0.15) is 4.72 Å². The molecule has 0 spiro atoms.